The minimum atomic E-state index is -4.75. The van der Waals surface area contributed by atoms with E-state index in [1.807, 2.05) is 11.0 Å². The molecular weight excluding hydrogens is 387 g/mol. The molecule has 1 amide bonds. The summed E-state index contributed by atoms with van der Waals surface area (Å²) in [6.45, 7) is 5.08. The number of hydrogen-bond acceptors (Lipinski definition) is 6. The molecule has 154 valence electrons. The fourth-order valence-corrected chi connectivity index (χ4v) is 3.48. The Bertz CT molecular complexity index is 871. The second-order valence-electron chi connectivity index (χ2n) is 7.05. The third kappa shape index (κ3) is 4.20. The molecule has 0 saturated carbocycles. The molecule has 7 nitrogen and oxygen atoms in total. The topological polar surface area (TPSA) is 60.7 Å². The molecule has 1 aromatic rings. The van der Waals surface area contributed by atoms with Crippen LogP contribution in [-0.4, -0.2) is 77.9 Å². The Hall–Kier alpha value is -3.04. The number of amides is 1. The van der Waals surface area contributed by atoms with Gasteiger partial charge in [-0.15, -0.1) is 13.2 Å². The summed E-state index contributed by atoms with van der Waals surface area (Å²) in [5.41, 5.74) is 0.327. The van der Waals surface area contributed by atoms with Gasteiger partial charge in [-0.3, -0.25) is 9.79 Å². The molecule has 1 saturated heterocycles. The number of halogens is 3. The number of carbonyl (C=O) groups excluding carboxylic acids is 1. The zero-order valence-electron chi connectivity index (χ0n) is 15.8. The zero-order valence-corrected chi connectivity index (χ0v) is 15.8. The van der Waals surface area contributed by atoms with Crippen molar-refractivity contribution in [3.05, 3.63) is 41.7 Å². The molecule has 1 atom stereocenters. The van der Waals surface area contributed by atoms with Crippen LogP contribution in [0.4, 0.5) is 13.2 Å². The number of rotatable bonds is 3. The number of benzene rings is 1. The summed E-state index contributed by atoms with van der Waals surface area (Å²) in [6.07, 6.45) is -0.994. The van der Waals surface area contributed by atoms with Crippen molar-refractivity contribution in [1.82, 2.24) is 14.7 Å². The van der Waals surface area contributed by atoms with Crippen molar-refractivity contribution < 1.29 is 22.7 Å². The van der Waals surface area contributed by atoms with Gasteiger partial charge in [0.15, 0.2) is 0 Å². The van der Waals surface area contributed by atoms with Crippen molar-refractivity contribution in [3.8, 4) is 5.75 Å². The van der Waals surface area contributed by atoms with Crippen LogP contribution < -0.4 is 4.74 Å². The Labute approximate surface area is 165 Å². The Morgan fingerprint density at radius 2 is 1.83 bits per heavy atom. The maximum absolute atomic E-state index is 12.6. The lowest BCUT2D eigenvalue weighted by molar-refractivity contribution is -0.274. The zero-order chi connectivity index (χ0) is 20.6. The summed E-state index contributed by atoms with van der Waals surface area (Å²) in [5, 5.41) is 0. The summed E-state index contributed by atoms with van der Waals surface area (Å²) in [7, 11) is 0. The van der Waals surface area contributed by atoms with Crippen LogP contribution in [-0.2, 0) is 0 Å². The molecule has 3 aliphatic rings. The average molecular weight is 407 g/mol. The molecular formula is C19H20F3N5O2. The molecule has 0 radical (unpaired) electrons. The molecule has 0 N–H and O–H groups in total. The van der Waals surface area contributed by atoms with E-state index in [4.69, 9.17) is 0 Å². The highest BCUT2D eigenvalue weighted by atomic mass is 19.4. The number of fused-ring (bicyclic) bond motifs is 1. The first-order chi connectivity index (χ1) is 13.8. The van der Waals surface area contributed by atoms with Gasteiger partial charge in [0, 0.05) is 37.8 Å². The van der Waals surface area contributed by atoms with Gasteiger partial charge in [0.2, 0.25) is 0 Å². The Morgan fingerprint density at radius 1 is 1.14 bits per heavy atom. The van der Waals surface area contributed by atoms with Crippen LogP contribution in [0.3, 0.4) is 0 Å². The number of ether oxygens (including phenoxy) is 1. The summed E-state index contributed by atoms with van der Waals surface area (Å²) >= 11 is 0. The van der Waals surface area contributed by atoms with Crippen LogP contribution in [0.25, 0.3) is 0 Å². The number of amidine groups is 1. The van der Waals surface area contributed by atoms with Crippen LogP contribution in [0.2, 0.25) is 0 Å². The Morgan fingerprint density at radius 3 is 2.48 bits per heavy atom. The highest BCUT2D eigenvalue weighted by molar-refractivity contribution is 6.03. The van der Waals surface area contributed by atoms with E-state index in [9.17, 15) is 18.0 Å². The standard InChI is InChI=1S/C19H20F3N5O2/c1-13-11-23-17-10-16(24-12-27(13)17)25-6-8-26(9-7-25)18(28)14-2-4-15(5-3-14)29-19(20,21)22/h2-5,10,12-13H,6-9,11H2,1H3/t13-/m0/s1. The van der Waals surface area contributed by atoms with Gasteiger partial charge in [0.05, 0.1) is 18.9 Å². The smallest absolute Gasteiger partial charge is 0.406 e. The maximum Gasteiger partial charge on any atom is 0.573 e. The van der Waals surface area contributed by atoms with Crippen molar-refractivity contribution in [2.24, 2.45) is 9.98 Å². The first-order valence-corrected chi connectivity index (χ1v) is 9.29. The van der Waals surface area contributed by atoms with Crippen LogP contribution in [0.5, 0.6) is 5.75 Å². The first-order valence-electron chi connectivity index (χ1n) is 9.29. The number of aliphatic imine (C=N–C) groups is 2. The number of carbonyl (C=O) groups is 1. The maximum atomic E-state index is 12.6. The van der Waals surface area contributed by atoms with Crippen LogP contribution in [0, 0.1) is 0 Å². The quantitative estimate of drug-likeness (QED) is 0.772. The van der Waals surface area contributed by atoms with Gasteiger partial charge in [0.1, 0.15) is 17.4 Å². The second-order valence-corrected chi connectivity index (χ2v) is 7.05. The Kier molecular flexibility index (Phi) is 4.93. The lowest BCUT2D eigenvalue weighted by Crippen LogP contribution is -2.48. The molecule has 1 fully saturated rings. The van der Waals surface area contributed by atoms with E-state index < -0.39 is 6.36 Å². The summed E-state index contributed by atoms with van der Waals surface area (Å²) < 4.78 is 40.6. The van der Waals surface area contributed by atoms with E-state index in [2.05, 4.69) is 26.5 Å². The molecule has 0 aliphatic carbocycles. The third-order valence-electron chi connectivity index (χ3n) is 5.06. The molecule has 0 bridgehead atoms. The normalized spacial score (nSPS) is 21.7. The molecule has 3 heterocycles. The van der Waals surface area contributed by atoms with Gasteiger partial charge in [0.25, 0.3) is 5.91 Å². The number of piperazine rings is 1. The fraction of sp³-hybridized carbons (Fsp3) is 0.421. The predicted octanol–water partition coefficient (Wildman–Crippen LogP) is 2.33. The average Bonchev–Trinajstić information content (AvgIpc) is 3.07. The molecule has 1 aromatic carbocycles. The molecule has 29 heavy (non-hydrogen) atoms. The number of nitrogens with zero attached hydrogens (tertiary/aromatic N) is 5. The van der Waals surface area contributed by atoms with Gasteiger partial charge in [-0.1, -0.05) is 0 Å². The van der Waals surface area contributed by atoms with Crippen LogP contribution in [0.1, 0.15) is 17.3 Å². The van der Waals surface area contributed by atoms with Crippen LogP contribution >= 0.6 is 0 Å². The first kappa shape index (κ1) is 19.3. The van der Waals surface area contributed by atoms with E-state index in [0.717, 1.165) is 30.3 Å². The van der Waals surface area contributed by atoms with Crippen molar-refractivity contribution >= 4 is 18.1 Å². The van der Waals surface area contributed by atoms with E-state index >= 15 is 0 Å². The fourth-order valence-electron chi connectivity index (χ4n) is 3.48. The number of hydrogen-bond donors (Lipinski definition) is 0. The summed E-state index contributed by atoms with van der Waals surface area (Å²) in [6, 6.07) is 5.30. The van der Waals surface area contributed by atoms with Gasteiger partial charge >= 0.3 is 6.36 Å². The minimum absolute atomic E-state index is 0.218. The van der Waals surface area contributed by atoms with E-state index in [0.29, 0.717) is 37.8 Å². The lowest BCUT2D eigenvalue weighted by atomic mass is 10.1. The van der Waals surface area contributed by atoms with Gasteiger partial charge in [-0.2, -0.15) is 0 Å². The lowest BCUT2D eigenvalue weighted by Gasteiger charge is -2.37. The van der Waals surface area contributed by atoms with E-state index in [1.165, 1.54) is 12.1 Å². The monoisotopic (exact) mass is 407 g/mol. The van der Waals surface area contributed by atoms with Crippen molar-refractivity contribution in [3.63, 3.8) is 0 Å². The van der Waals surface area contributed by atoms with E-state index in [1.54, 1.807) is 11.2 Å². The summed E-state index contributed by atoms with van der Waals surface area (Å²) in [5.74, 6) is 1.17. The summed E-state index contributed by atoms with van der Waals surface area (Å²) in [4.78, 5) is 27.5. The number of alkyl halides is 3. The highest BCUT2D eigenvalue weighted by Crippen LogP contribution is 2.24. The van der Waals surface area contributed by atoms with Crippen LogP contribution in [0.15, 0.2) is 46.1 Å². The molecule has 10 heteroatoms. The van der Waals surface area contributed by atoms with Gasteiger partial charge in [-0.25, -0.2) is 4.99 Å². The molecule has 0 unspecified atom stereocenters. The van der Waals surface area contributed by atoms with Crippen molar-refractivity contribution in [1.29, 1.82) is 0 Å². The highest BCUT2D eigenvalue weighted by Gasteiger charge is 2.31. The minimum Gasteiger partial charge on any atom is -0.406 e. The molecule has 0 aromatic heterocycles. The predicted molar refractivity (Wildman–Crippen MR) is 101 cm³/mol. The second kappa shape index (κ2) is 7.41. The Balaban J connectivity index is 1.34. The molecule has 4 rings (SSSR count). The van der Waals surface area contributed by atoms with E-state index in [-0.39, 0.29) is 11.7 Å². The van der Waals surface area contributed by atoms with Crippen molar-refractivity contribution in [2.45, 2.75) is 19.3 Å². The molecule has 3 aliphatic heterocycles. The van der Waals surface area contributed by atoms with Gasteiger partial charge < -0.3 is 19.4 Å². The largest absolute Gasteiger partial charge is 0.573 e. The third-order valence-corrected chi connectivity index (χ3v) is 5.06. The van der Waals surface area contributed by atoms with Crippen molar-refractivity contribution in [2.75, 3.05) is 32.7 Å². The molecule has 0 spiro atoms. The van der Waals surface area contributed by atoms with Gasteiger partial charge in [-0.05, 0) is 31.2 Å². The SMILES string of the molecule is C[C@H]1CN=C2C=C(N3CCN(C(=O)c4ccc(OC(F)(F)F)cc4)CC3)N=CN21.